The fourth-order valence-electron chi connectivity index (χ4n) is 4.06. The second-order valence-corrected chi connectivity index (χ2v) is 12.1. The summed E-state index contributed by atoms with van der Waals surface area (Å²) >= 11 is 6.08. The Kier molecular flexibility index (Phi) is 11.0. The Morgan fingerprint density at radius 2 is 1.54 bits per heavy atom. The molecule has 0 aliphatic heterocycles. The molecule has 1 N–H and O–H groups in total. The first-order valence-corrected chi connectivity index (χ1v) is 14.9. The number of hydrogen-bond acceptors (Lipinski definition) is 6. The van der Waals surface area contributed by atoms with Crippen molar-refractivity contribution in [2.75, 3.05) is 31.6 Å². The van der Waals surface area contributed by atoms with Gasteiger partial charge in [-0.2, -0.15) is 0 Å². The highest BCUT2D eigenvalue weighted by Gasteiger charge is 2.33. The van der Waals surface area contributed by atoms with E-state index in [1.54, 1.807) is 19.1 Å². The average Bonchev–Trinajstić information content (AvgIpc) is 2.97. The lowest BCUT2D eigenvalue weighted by atomic mass is 10.1. The molecule has 0 fully saturated rings. The summed E-state index contributed by atoms with van der Waals surface area (Å²) in [7, 11) is -1.43. The minimum Gasteiger partial charge on any atom is -0.493 e. The molecule has 3 aromatic carbocycles. The smallest absolute Gasteiger partial charge is 0.264 e. The van der Waals surface area contributed by atoms with Crippen LogP contribution in [0.25, 0.3) is 0 Å². The van der Waals surface area contributed by atoms with Crippen LogP contribution in [0, 0.1) is 5.92 Å². The Labute approximate surface area is 247 Å². The Balaban J connectivity index is 2.04. The molecule has 0 spiro atoms. The molecule has 0 aromatic heterocycles. The monoisotopic (exact) mass is 601 g/mol. The summed E-state index contributed by atoms with van der Waals surface area (Å²) in [6.07, 6.45) is 0. The van der Waals surface area contributed by atoms with Gasteiger partial charge in [-0.05, 0) is 54.8 Å². The van der Waals surface area contributed by atoms with Crippen LogP contribution in [0.15, 0.2) is 77.7 Å². The first-order chi connectivity index (χ1) is 19.5. The van der Waals surface area contributed by atoms with Gasteiger partial charge in [-0.25, -0.2) is 8.42 Å². The molecule has 41 heavy (non-hydrogen) atoms. The van der Waals surface area contributed by atoms with E-state index in [0.29, 0.717) is 17.3 Å². The zero-order valence-electron chi connectivity index (χ0n) is 23.8. The molecule has 1 atom stereocenters. The van der Waals surface area contributed by atoms with Crippen molar-refractivity contribution in [3.63, 3.8) is 0 Å². The van der Waals surface area contributed by atoms with Gasteiger partial charge in [-0.15, -0.1) is 0 Å². The number of methoxy groups -OCH3 is 2. The van der Waals surface area contributed by atoms with E-state index in [2.05, 4.69) is 5.32 Å². The SMILES string of the molecule is COc1ccc(S(=O)(=O)N(CC(=O)N(Cc2ccccc2)C(C)C(=O)NCC(C)C)c2ccc(Cl)cc2)cc1OC. The summed E-state index contributed by atoms with van der Waals surface area (Å²) in [6, 6.07) is 18.7. The van der Waals surface area contributed by atoms with Gasteiger partial charge in [0.15, 0.2) is 11.5 Å². The number of sulfonamides is 1. The van der Waals surface area contributed by atoms with Crippen molar-refractivity contribution in [2.24, 2.45) is 5.92 Å². The van der Waals surface area contributed by atoms with Crippen LogP contribution in [0.5, 0.6) is 11.5 Å². The van der Waals surface area contributed by atoms with Gasteiger partial charge in [0.2, 0.25) is 11.8 Å². The van der Waals surface area contributed by atoms with Crippen LogP contribution in [0.4, 0.5) is 5.69 Å². The number of carbonyl (C=O) groups excluding carboxylic acids is 2. The fourth-order valence-corrected chi connectivity index (χ4v) is 5.61. The van der Waals surface area contributed by atoms with Gasteiger partial charge in [0.1, 0.15) is 12.6 Å². The Morgan fingerprint density at radius 1 is 0.902 bits per heavy atom. The second kappa shape index (κ2) is 14.2. The lowest BCUT2D eigenvalue weighted by Gasteiger charge is -2.32. The number of halogens is 1. The number of nitrogens with one attached hydrogen (secondary N) is 1. The summed E-state index contributed by atoms with van der Waals surface area (Å²) in [4.78, 5) is 28.3. The quantitative estimate of drug-likeness (QED) is 0.303. The maximum atomic E-state index is 14.0. The van der Waals surface area contributed by atoms with E-state index in [9.17, 15) is 18.0 Å². The van der Waals surface area contributed by atoms with Crippen LogP contribution in [0.1, 0.15) is 26.3 Å². The van der Waals surface area contributed by atoms with Crippen LogP contribution < -0.4 is 19.1 Å². The van der Waals surface area contributed by atoms with Gasteiger partial charge >= 0.3 is 0 Å². The number of rotatable bonds is 13. The minimum absolute atomic E-state index is 0.102. The molecule has 0 heterocycles. The van der Waals surface area contributed by atoms with E-state index in [1.807, 2.05) is 44.2 Å². The van der Waals surface area contributed by atoms with Crippen LogP contribution in [0.3, 0.4) is 0 Å². The zero-order chi connectivity index (χ0) is 30.2. The van der Waals surface area contributed by atoms with E-state index >= 15 is 0 Å². The van der Waals surface area contributed by atoms with Crippen LogP contribution >= 0.6 is 11.6 Å². The Morgan fingerprint density at radius 3 is 2.12 bits per heavy atom. The van der Waals surface area contributed by atoms with Crippen molar-refractivity contribution in [3.8, 4) is 11.5 Å². The summed E-state index contributed by atoms with van der Waals surface area (Å²) in [5.41, 5.74) is 1.03. The third-order valence-corrected chi connectivity index (χ3v) is 8.41. The van der Waals surface area contributed by atoms with Crippen molar-refractivity contribution < 1.29 is 27.5 Å². The highest BCUT2D eigenvalue weighted by atomic mass is 35.5. The van der Waals surface area contributed by atoms with E-state index in [0.717, 1.165) is 9.87 Å². The fraction of sp³-hybridized carbons (Fsp3) is 0.333. The summed E-state index contributed by atoms with van der Waals surface area (Å²) in [6.45, 7) is 5.57. The van der Waals surface area contributed by atoms with Gasteiger partial charge < -0.3 is 19.7 Å². The first kappa shape index (κ1) is 31.8. The van der Waals surface area contributed by atoms with Crippen LogP contribution in [0.2, 0.25) is 5.02 Å². The molecule has 1 unspecified atom stereocenters. The van der Waals surface area contributed by atoms with E-state index in [-0.39, 0.29) is 34.7 Å². The lowest BCUT2D eigenvalue weighted by Crippen LogP contribution is -2.51. The highest BCUT2D eigenvalue weighted by Crippen LogP contribution is 2.32. The first-order valence-electron chi connectivity index (χ1n) is 13.1. The van der Waals surface area contributed by atoms with Gasteiger partial charge in [-0.3, -0.25) is 13.9 Å². The largest absolute Gasteiger partial charge is 0.493 e. The van der Waals surface area contributed by atoms with E-state index in [1.165, 1.54) is 49.5 Å². The predicted octanol–water partition coefficient (Wildman–Crippen LogP) is 4.74. The van der Waals surface area contributed by atoms with Crippen LogP contribution in [-0.2, 0) is 26.2 Å². The zero-order valence-corrected chi connectivity index (χ0v) is 25.4. The van der Waals surface area contributed by atoms with E-state index in [4.69, 9.17) is 21.1 Å². The number of ether oxygens (including phenoxy) is 2. The van der Waals surface area contributed by atoms with Crippen molar-refractivity contribution in [2.45, 2.75) is 38.3 Å². The third-order valence-electron chi connectivity index (χ3n) is 6.38. The van der Waals surface area contributed by atoms with Crippen molar-refractivity contribution >= 4 is 39.1 Å². The number of nitrogens with zero attached hydrogens (tertiary/aromatic N) is 2. The summed E-state index contributed by atoms with van der Waals surface area (Å²) in [5, 5.41) is 3.28. The maximum absolute atomic E-state index is 14.0. The molecule has 0 aliphatic rings. The van der Waals surface area contributed by atoms with Gasteiger partial charge in [0, 0.05) is 24.2 Å². The second-order valence-electron chi connectivity index (χ2n) is 9.83. The molecule has 0 saturated carbocycles. The Hall–Kier alpha value is -3.76. The number of carbonyl (C=O) groups is 2. The highest BCUT2D eigenvalue weighted by molar-refractivity contribution is 7.92. The summed E-state index contributed by atoms with van der Waals surface area (Å²) < 4.78 is 39.6. The third kappa shape index (κ3) is 8.14. The molecule has 3 aromatic rings. The minimum atomic E-state index is -4.29. The predicted molar refractivity (Wildman–Crippen MR) is 160 cm³/mol. The van der Waals surface area contributed by atoms with Crippen molar-refractivity contribution in [1.82, 2.24) is 10.2 Å². The van der Waals surface area contributed by atoms with Crippen molar-refractivity contribution in [1.29, 1.82) is 0 Å². The molecule has 9 nitrogen and oxygen atoms in total. The van der Waals surface area contributed by atoms with Gasteiger partial charge in [-0.1, -0.05) is 55.8 Å². The average molecular weight is 602 g/mol. The number of hydrogen-bond donors (Lipinski definition) is 1. The molecular weight excluding hydrogens is 566 g/mol. The molecule has 0 aliphatic carbocycles. The normalized spacial score (nSPS) is 12.0. The molecule has 11 heteroatoms. The molecule has 0 saturated heterocycles. The van der Waals surface area contributed by atoms with Crippen LogP contribution in [-0.4, -0.2) is 58.5 Å². The molecule has 0 radical (unpaired) electrons. The van der Waals surface area contributed by atoms with Crippen molar-refractivity contribution in [3.05, 3.63) is 83.4 Å². The molecule has 3 rings (SSSR count). The molecule has 220 valence electrons. The van der Waals surface area contributed by atoms with Gasteiger partial charge in [0.25, 0.3) is 10.0 Å². The number of anilines is 1. The van der Waals surface area contributed by atoms with E-state index < -0.39 is 28.5 Å². The molecule has 2 amide bonds. The topological polar surface area (TPSA) is 105 Å². The lowest BCUT2D eigenvalue weighted by molar-refractivity contribution is -0.139. The number of amides is 2. The summed E-state index contributed by atoms with van der Waals surface area (Å²) in [5.74, 6) is -0.0896. The maximum Gasteiger partial charge on any atom is 0.264 e. The van der Waals surface area contributed by atoms with Gasteiger partial charge in [0.05, 0.1) is 24.8 Å². The molecule has 0 bridgehead atoms. The molecular formula is C30H36ClN3O6S. The standard InChI is InChI=1S/C30H36ClN3O6S/c1-21(2)18-32-30(36)22(3)33(19-23-9-7-6-8-10-23)29(35)20-34(25-13-11-24(31)12-14-25)41(37,38)26-15-16-27(39-4)28(17-26)40-5/h6-17,21-22H,18-20H2,1-5H3,(H,32,36). The number of benzene rings is 3. The Bertz CT molecular complexity index is 1430.